The van der Waals surface area contributed by atoms with Gasteiger partial charge in [0.1, 0.15) is 17.7 Å². The molecule has 3 aromatic carbocycles. The highest BCUT2D eigenvalue weighted by molar-refractivity contribution is 6.23. The predicted molar refractivity (Wildman–Crippen MR) is 215 cm³/mol. The first-order chi connectivity index (χ1) is 29.3. The Morgan fingerprint density at radius 2 is 1.54 bits per heavy atom. The van der Waals surface area contributed by atoms with E-state index in [0.29, 0.717) is 50.4 Å². The standard InChI is InChI=1S/C45H45F4N7O5/c1-23-12-30-29-4-2-3-5-35(29)50-41(30)42(55(23)22-37(48)49)40-33(46)16-28(17-34(40)47)52-10-8-27(9-11-52)53-18-24(19-53)13-39(58)54-20-25-14-31-32(15-26(25)21-54)45(61)56(44(31)60)36-6-7-38(57)51-43(36)59/h2-5,14-17,23-24,27,36-37,42,50H,6-13,18-22H2,1H3,(H,51,57,59)/t23-,36?,42-/m1/s1. The second kappa shape index (κ2) is 15.1. The lowest BCUT2D eigenvalue weighted by Gasteiger charge is -2.47. The second-order valence-electron chi connectivity index (χ2n) is 17.5. The molecule has 0 bridgehead atoms. The van der Waals surface area contributed by atoms with E-state index in [1.807, 2.05) is 36.1 Å². The SMILES string of the molecule is C[C@@H]1Cc2c([nH]c3ccccc23)[C@@H](c2c(F)cc(N3CCC(N4CC(CC(=O)N5Cc6cc7c(cc6C5)C(=O)N(C5CCC(=O)NC5=O)C7=O)C4)CC3)cc2F)N1CC(F)F. The molecule has 4 aromatic rings. The molecule has 2 N–H and O–H groups in total. The molecule has 1 aromatic heterocycles. The maximum absolute atomic E-state index is 16.2. The van der Waals surface area contributed by atoms with Crippen LogP contribution >= 0.6 is 0 Å². The highest BCUT2D eigenvalue weighted by atomic mass is 19.3. The number of likely N-dealkylation sites (tertiary alicyclic amines) is 1. The molecule has 6 aliphatic heterocycles. The molecular weight excluding hydrogens is 795 g/mol. The summed E-state index contributed by atoms with van der Waals surface area (Å²) in [4.78, 5) is 75.9. The van der Waals surface area contributed by atoms with Gasteiger partial charge in [-0.1, -0.05) is 18.2 Å². The van der Waals surface area contributed by atoms with Gasteiger partial charge in [-0.05, 0) is 85.5 Å². The Balaban J connectivity index is 0.742. The Morgan fingerprint density at radius 3 is 2.18 bits per heavy atom. The fraction of sp³-hybridized carbons (Fsp3) is 0.444. The van der Waals surface area contributed by atoms with Crippen molar-refractivity contribution in [1.29, 1.82) is 0 Å². The van der Waals surface area contributed by atoms with Crippen LogP contribution in [0.4, 0.5) is 23.2 Å². The fourth-order valence-electron chi connectivity index (χ4n) is 10.7. The Hall–Kier alpha value is -5.61. The monoisotopic (exact) mass is 839 g/mol. The molecule has 7 heterocycles. The molecule has 3 saturated heterocycles. The number of amides is 5. The minimum Gasteiger partial charge on any atom is -0.371 e. The number of alkyl halides is 2. The van der Waals surface area contributed by atoms with Gasteiger partial charge in [-0.25, -0.2) is 17.6 Å². The number of piperidine rings is 2. The predicted octanol–water partition coefficient (Wildman–Crippen LogP) is 5.28. The van der Waals surface area contributed by atoms with Crippen LogP contribution in [0.15, 0.2) is 48.5 Å². The van der Waals surface area contributed by atoms with E-state index in [4.69, 9.17) is 0 Å². The third-order valence-electron chi connectivity index (χ3n) is 13.8. The average Bonchev–Trinajstić information content (AvgIpc) is 3.87. The molecule has 318 valence electrons. The third kappa shape index (κ3) is 6.78. The molecule has 3 atom stereocenters. The molecule has 3 fully saturated rings. The van der Waals surface area contributed by atoms with Crippen LogP contribution in [0.25, 0.3) is 10.9 Å². The highest BCUT2D eigenvalue weighted by Gasteiger charge is 2.46. The van der Waals surface area contributed by atoms with Crippen molar-refractivity contribution < 1.29 is 41.5 Å². The van der Waals surface area contributed by atoms with Crippen molar-refractivity contribution >= 4 is 46.1 Å². The fourth-order valence-corrected chi connectivity index (χ4v) is 10.7. The maximum atomic E-state index is 16.2. The van der Waals surface area contributed by atoms with E-state index in [2.05, 4.69) is 15.2 Å². The average molecular weight is 840 g/mol. The zero-order chi connectivity index (χ0) is 42.4. The first-order valence-electron chi connectivity index (χ1n) is 21.1. The van der Waals surface area contributed by atoms with Gasteiger partial charge < -0.3 is 14.8 Å². The Bertz CT molecular complexity index is 2450. The van der Waals surface area contributed by atoms with Crippen LogP contribution in [0.3, 0.4) is 0 Å². The zero-order valence-corrected chi connectivity index (χ0v) is 33.6. The van der Waals surface area contributed by atoms with Crippen LogP contribution in [0.5, 0.6) is 0 Å². The molecule has 0 spiro atoms. The van der Waals surface area contributed by atoms with Gasteiger partial charge in [-0.3, -0.25) is 44.0 Å². The number of para-hydroxylation sites is 1. The lowest BCUT2D eigenvalue weighted by Crippen LogP contribution is -2.56. The number of benzene rings is 3. The molecule has 0 aliphatic carbocycles. The Kier molecular flexibility index (Phi) is 9.77. The van der Waals surface area contributed by atoms with E-state index in [1.165, 1.54) is 17.0 Å². The lowest BCUT2D eigenvalue weighted by molar-refractivity contribution is -0.136. The molecule has 0 radical (unpaired) electrons. The molecule has 10 rings (SSSR count). The summed E-state index contributed by atoms with van der Waals surface area (Å²) in [6.07, 6.45) is -0.164. The molecule has 1 unspecified atom stereocenters. The van der Waals surface area contributed by atoms with E-state index in [0.717, 1.165) is 58.4 Å². The van der Waals surface area contributed by atoms with Gasteiger partial charge >= 0.3 is 0 Å². The van der Waals surface area contributed by atoms with Crippen molar-refractivity contribution in [2.24, 2.45) is 5.92 Å². The second-order valence-corrected chi connectivity index (χ2v) is 17.5. The maximum Gasteiger partial charge on any atom is 0.262 e. The Labute approximate surface area is 348 Å². The number of hydrogen-bond donors (Lipinski definition) is 2. The summed E-state index contributed by atoms with van der Waals surface area (Å²) in [7, 11) is 0. The van der Waals surface area contributed by atoms with Crippen LogP contribution in [0.1, 0.15) is 93.7 Å². The van der Waals surface area contributed by atoms with Crippen molar-refractivity contribution in [3.8, 4) is 0 Å². The number of carbonyl (C=O) groups excluding carboxylic acids is 5. The summed E-state index contributed by atoms with van der Waals surface area (Å²) in [6.45, 7) is 4.52. The van der Waals surface area contributed by atoms with Crippen LogP contribution < -0.4 is 10.2 Å². The van der Waals surface area contributed by atoms with Gasteiger partial charge in [0.2, 0.25) is 17.7 Å². The van der Waals surface area contributed by atoms with E-state index < -0.39 is 60.3 Å². The lowest BCUT2D eigenvalue weighted by atomic mass is 9.88. The van der Waals surface area contributed by atoms with Crippen LogP contribution in [-0.2, 0) is 33.9 Å². The van der Waals surface area contributed by atoms with Crippen LogP contribution in [0.2, 0.25) is 0 Å². The number of H-pyrrole nitrogens is 1. The minimum atomic E-state index is -2.68. The molecule has 5 amide bonds. The highest BCUT2D eigenvalue weighted by Crippen LogP contribution is 2.44. The number of hydrogen-bond acceptors (Lipinski definition) is 8. The van der Waals surface area contributed by atoms with Crippen molar-refractivity contribution in [1.82, 2.24) is 29.9 Å². The topological polar surface area (TPSA) is 129 Å². The zero-order valence-electron chi connectivity index (χ0n) is 33.6. The summed E-state index contributed by atoms with van der Waals surface area (Å²) < 4.78 is 60.3. The number of imide groups is 2. The summed E-state index contributed by atoms with van der Waals surface area (Å²) in [5.74, 6) is -3.61. The molecule has 16 heteroatoms. The number of fused-ring (bicyclic) bond motifs is 5. The van der Waals surface area contributed by atoms with E-state index in [9.17, 15) is 32.8 Å². The normalized spacial score (nSPS) is 23.8. The molecule has 0 saturated carbocycles. The van der Waals surface area contributed by atoms with Crippen molar-refractivity contribution in [3.63, 3.8) is 0 Å². The van der Waals surface area contributed by atoms with E-state index >= 15 is 8.78 Å². The van der Waals surface area contributed by atoms with Crippen LogP contribution in [0, 0.1) is 17.6 Å². The number of rotatable bonds is 8. The van der Waals surface area contributed by atoms with E-state index in [1.54, 1.807) is 17.0 Å². The summed E-state index contributed by atoms with van der Waals surface area (Å²) in [5.41, 5.74) is 4.41. The first kappa shape index (κ1) is 39.5. The largest absolute Gasteiger partial charge is 0.371 e. The van der Waals surface area contributed by atoms with E-state index in [-0.39, 0.29) is 53.4 Å². The van der Waals surface area contributed by atoms with Gasteiger partial charge in [0.15, 0.2) is 0 Å². The van der Waals surface area contributed by atoms with Crippen LogP contribution in [-0.4, -0.2) is 111 Å². The quantitative estimate of drug-likeness (QED) is 0.181. The summed E-state index contributed by atoms with van der Waals surface area (Å²) >= 11 is 0. The van der Waals surface area contributed by atoms with Gasteiger partial charge in [0.05, 0.1) is 23.7 Å². The molecule has 6 aliphatic rings. The summed E-state index contributed by atoms with van der Waals surface area (Å²) in [6, 6.07) is 11.4. The number of nitrogens with one attached hydrogen (secondary N) is 2. The number of halogens is 4. The number of aromatic nitrogens is 1. The number of carbonyl (C=O) groups is 5. The molecule has 61 heavy (non-hydrogen) atoms. The molecule has 12 nitrogen and oxygen atoms in total. The smallest absolute Gasteiger partial charge is 0.262 e. The van der Waals surface area contributed by atoms with Crippen molar-refractivity contribution in [3.05, 3.63) is 99.2 Å². The van der Waals surface area contributed by atoms with Gasteiger partial charge in [-0.2, -0.15) is 0 Å². The number of anilines is 1. The van der Waals surface area contributed by atoms with Gasteiger partial charge in [0.25, 0.3) is 18.2 Å². The number of aromatic amines is 1. The Morgan fingerprint density at radius 1 is 0.885 bits per heavy atom. The van der Waals surface area contributed by atoms with Gasteiger partial charge in [0, 0.05) is 92.0 Å². The molecular formula is C45H45F4N7O5. The first-order valence-corrected chi connectivity index (χ1v) is 21.1. The van der Waals surface area contributed by atoms with Gasteiger partial charge in [-0.15, -0.1) is 0 Å². The van der Waals surface area contributed by atoms with Crippen molar-refractivity contribution in [2.45, 2.75) is 89.1 Å². The third-order valence-corrected chi connectivity index (χ3v) is 13.8. The van der Waals surface area contributed by atoms with Crippen molar-refractivity contribution in [2.75, 3.05) is 37.6 Å². The number of nitrogens with zero attached hydrogens (tertiary/aromatic N) is 5. The summed E-state index contributed by atoms with van der Waals surface area (Å²) in [5, 5.41) is 3.13. The minimum absolute atomic E-state index is 0.00747.